The van der Waals surface area contributed by atoms with Gasteiger partial charge in [-0.3, -0.25) is 4.79 Å². The summed E-state index contributed by atoms with van der Waals surface area (Å²) in [6.45, 7) is 0.450. The molecule has 0 radical (unpaired) electrons. The number of carbonyl (C=O) groups excluding carboxylic acids is 1. The van der Waals surface area contributed by atoms with Crippen molar-refractivity contribution in [3.63, 3.8) is 0 Å². The fraction of sp³-hybridized carbons (Fsp3) is 0.0870. The Morgan fingerprint density at radius 2 is 1.65 bits per heavy atom. The first-order valence-corrected chi connectivity index (χ1v) is 8.88. The Morgan fingerprint density at radius 3 is 2.46 bits per heavy atom. The third-order valence-corrected chi connectivity index (χ3v) is 4.74. The molecule has 0 aliphatic heterocycles. The van der Waals surface area contributed by atoms with Gasteiger partial charge >= 0.3 is 0 Å². The third kappa shape index (κ3) is 3.42. The smallest absolute Gasteiger partial charge is 0.189 e. The Hall–Kier alpha value is -2.84. The van der Waals surface area contributed by atoms with Crippen molar-refractivity contribution in [3.8, 4) is 5.75 Å². The minimum Gasteiger partial charge on any atom is -0.488 e. The lowest BCUT2D eigenvalue weighted by molar-refractivity contribution is 0.104. The monoisotopic (exact) mass is 360 g/mol. The lowest BCUT2D eigenvalue weighted by Crippen LogP contribution is -1.98. The topological polar surface area (TPSA) is 26.3 Å². The first kappa shape index (κ1) is 16.6. The highest BCUT2D eigenvalue weighted by molar-refractivity contribution is 6.30. The fourth-order valence-corrected chi connectivity index (χ4v) is 3.26. The molecule has 128 valence electrons. The van der Waals surface area contributed by atoms with Crippen LogP contribution in [0.3, 0.4) is 0 Å². The van der Waals surface area contributed by atoms with E-state index in [4.69, 9.17) is 16.3 Å². The number of allylic oxidation sites excluding steroid dienone is 1. The van der Waals surface area contributed by atoms with Crippen LogP contribution in [0, 0.1) is 0 Å². The molecule has 0 saturated carbocycles. The Morgan fingerprint density at radius 1 is 0.923 bits per heavy atom. The summed E-state index contributed by atoms with van der Waals surface area (Å²) < 4.78 is 5.99. The molecule has 0 bridgehead atoms. The van der Waals surface area contributed by atoms with Crippen LogP contribution in [0.2, 0.25) is 5.02 Å². The van der Waals surface area contributed by atoms with Gasteiger partial charge in [0.15, 0.2) is 5.78 Å². The number of hydrogen-bond acceptors (Lipinski definition) is 2. The summed E-state index contributed by atoms with van der Waals surface area (Å²) in [5.74, 6) is 0.867. The highest BCUT2D eigenvalue weighted by Gasteiger charge is 2.24. The fourth-order valence-electron chi connectivity index (χ4n) is 3.13. The summed E-state index contributed by atoms with van der Waals surface area (Å²) in [5.41, 5.74) is 4.65. The number of benzene rings is 3. The summed E-state index contributed by atoms with van der Waals surface area (Å²) in [5, 5.41) is 0.707. The molecule has 4 rings (SSSR count). The zero-order valence-corrected chi connectivity index (χ0v) is 14.9. The minimum absolute atomic E-state index is 0.105. The first-order valence-electron chi connectivity index (χ1n) is 8.50. The highest BCUT2D eigenvalue weighted by atomic mass is 35.5. The van der Waals surface area contributed by atoms with E-state index in [9.17, 15) is 4.79 Å². The largest absolute Gasteiger partial charge is 0.488 e. The van der Waals surface area contributed by atoms with E-state index in [0.717, 1.165) is 33.6 Å². The molecular formula is C23H17ClO2. The van der Waals surface area contributed by atoms with E-state index in [2.05, 4.69) is 0 Å². The van der Waals surface area contributed by atoms with Crippen LogP contribution >= 0.6 is 11.6 Å². The maximum atomic E-state index is 12.6. The van der Waals surface area contributed by atoms with Crippen molar-refractivity contribution in [1.82, 2.24) is 0 Å². The van der Waals surface area contributed by atoms with Gasteiger partial charge in [0, 0.05) is 28.1 Å². The molecule has 0 spiro atoms. The van der Waals surface area contributed by atoms with Crippen LogP contribution in [0.4, 0.5) is 0 Å². The molecule has 3 aromatic carbocycles. The molecule has 1 aliphatic rings. The summed E-state index contributed by atoms with van der Waals surface area (Å²) in [6.07, 6.45) is 2.61. The third-order valence-electron chi connectivity index (χ3n) is 4.49. The number of hydrogen-bond donors (Lipinski definition) is 0. The number of Topliss-reactive ketones (excluding diaryl/α,β-unsaturated/α-hetero) is 1. The van der Waals surface area contributed by atoms with Crippen LogP contribution in [0.1, 0.15) is 27.0 Å². The van der Waals surface area contributed by atoms with E-state index in [0.29, 0.717) is 18.1 Å². The van der Waals surface area contributed by atoms with Gasteiger partial charge in [-0.1, -0.05) is 66.2 Å². The number of fused-ring (bicyclic) bond motifs is 1. The van der Waals surface area contributed by atoms with Gasteiger partial charge in [-0.25, -0.2) is 0 Å². The molecule has 2 nitrogen and oxygen atoms in total. The minimum atomic E-state index is 0.105. The predicted octanol–water partition coefficient (Wildman–Crippen LogP) is 5.74. The van der Waals surface area contributed by atoms with E-state index >= 15 is 0 Å². The summed E-state index contributed by atoms with van der Waals surface area (Å²) in [7, 11) is 0. The van der Waals surface area contributed by atoms with Gasteiger partial charge in [-0.05, 0) is 35.4 Å². The van der Waals surface area contributed by atoms with Crippen LogP contribution in [-0.2, 0) is 13.0 Å². The average molecular weight is 361 g/mol. The van der Waals surface area contributed by atoms with Crippen molar-refractivity contribution >= 4 is 23.5 Å². The van der Waals surface area contributed by atoms with Crippen molar-refractivity contribution in [1.29, 1.82) is 0 Å². The van der Waals surface area contributed by atoms with Crippen LogP contribution in [-0.4, -0.2) is 5.78 Å². The first-order chi connectivity index (χ1) is 12.7. The second kappa shape index (κ2) is 7.19. The Balaban J connectivity index is 1.57. The van der Waals surface area contributed by atoms with E-state index in [1.807, 2.05) is 78.9 Å². The van der Waals surface area contributed by atoms with Gasteiger partial charge in [-0.2, -0.15) is 0 Å². The SMILES string of the molecule is O=C1/C(=C/c2ccccc2OCc2ccc(Cl)cc2)Cc2ccccc21. The van der Waals surface area contributed by atoms with E-state index in [-0.39, 0.29) is 5.78 Å². The number of ether oxygens (including phenoxy) is 1. The quantitative estimate of drug-likeness (QED) is 0.554. The summed E-state index contributed by atoms with van der Waals surface area (Å²) in [4.78, 5) is 12.6. The van der Waals surface area contributed by atoms with Crippen LogP contribution < -0.4 is 4.74 Å². The summed E-state index contributed by atoms with van der Waals surface area (Å²) >= 11 is 5.92. The standard InChI is InChI=1S/C23H17ClO2/c24-20-11-9-16(10-12-20)15-26-22-8-4-2-6-18(22)14-19-13-17-5-1-3-7-21(17)23(19)25/h1-12,14H,13,15H2/b19-14+. The maximum absolute atomic E-state index is 12.6. The number of halogens is 1. The molecule has 0 heterocycles. The zero-order valence-electron chi connectivity index (χ0n) is 14.1. The molecule has 3 aromatic rings. The summed E-state index contributed by atoms with van der Waals surface area (Å²) in [6, 6.07) is 23.2. The van der Waals surface area contributed by atoms with E-state index in [1.165, 1.54) is 0 Å². The molecule has 26 heavy (non-hydrogen) atoms. The molecular weight excluding hydrogens is 344 g/mol. The lowest BCUT2D eigenvalue weighted by Gasteiger charge is -2.10. The Labute approximate surface area is 157 Å². The second-order valence-electron chi connectivity index (χ2n) is 6.29. The average Bonchev–Trinajstić information content (AvgIpc) is 2.98. The number of ketones is 1. The van der Waals surface area contributed by atoms with Crippen LogP contribution in [0.5, 0.6) is 5.75 Å². The maximum Gasteiger partial charge on any atom is 0.189 e. The molecule has 0 fully saturated rings. The van der Waals surface area contributed by atoms with Gasteiger partial charge in [-0.15, -0.1) is 0 Å². The van der Waals surface area contributed by atoms with Gasteiger partial charge in [0.25, 0.3) is 0 Å². The zero-order chi connectivity index (χ0) is 17.9. The molecule has 0 saturated heterocycles. The second-order valence-corrected chi connectivity index (χ2v) is 6.72. The molecule has 0 unspecified atom stereocenters. The molecule has 0 amide bonds. The van der Waals surface area contributed by atoms with Gasteiger partial charge in [0.2, 0.25) is 0 Å². The van der Waals surface area contributed by atoms with Crippen molar-refractivity contribution in [2.45, 2.75) is 13.0 Å². The van der Waals surface area contributed by atoms with Gasteiger partial charge in [0.05, 0.1) is 0 Å². The Bertz CT molecular complexity index is 987. The van der Waals surface area contributed by atoms with Crippen LogP contribution in [0.25, 0.3) is 6.08 Å². The van der Waals surface area contributed by atoms with Crippen molar-refractivity contribution in [2.75, 3.05) is 0 Å². The predicted molar refractivity (Wildman–Crippen MR) is 105 cm³/mol. The normalized spacial score (nSPS) is 14.5. The van der Waals surface area contributed by atoms with Gasteiger partial charge in [0.1, 0.15) is 12.4 Å². The van der Waals surface area contributed by atoms with E-state index in [1.54, 1.807) is 0 Å². The molecule has 0 atom stereocenters. The molecule has 0 N–H and O–H groups in total. The Kier molecular flexibility index (Phi) is 4.59. The number of para-hydroxylation sites is 1. The van der Waals surface area contributed by atoms with Crippen molar-refractivity contribution in [2.24, 2.45) is 0 Å². The van der Waals surface area contributed by atoms with Crippen molar-refractivity contribution < 1.29 is 9.53 Å². The highest BCUT2D eigenvalue weighted by Crippen LogP contribution is 2.30. The van der Waals surface area contributed by atoms with Gasteiger partial charge < -0.3 is 4.74 Å². The van der Waals surface area contributed by atoms with E-state index < -0.39 is 0 Å². The lowest BCUT2D eigenvalue weighted by atomic mass is 10.1. The molecule has 3 heteroatoms. The number of rotatable bonds is 4. The number of carbonyl (C=O) groups is 1. The van der Waals surface area contributed by atoms with Crippen molar-refractivity contribution in [3.05, 3.63) is 106 Å². The molecule has 0 aromatic heterocycles. The molecule has 1 aliphatic carbocycles. The van der Waals surface area contributed by atoms with Crippen LogP contribution in [0.15, 0.2) is 78.4 Å².